The number of carbonyl (C=O) groups is 3. The van der Waals surface area contributed by atoms with Gasteiger partial charge in [0.1, 0.15) is 6.04 Å². The van der Waals surface area contributed by atoms with E-state index < -0.39 is 29.7 Å². The Labute approximate surface area is 171 Å². The summed E-state index contributed by atoms with van der Waals surface area (Å²) < 4.78 is 5.73. The number of hydrogen-bond donors (Lipinski definition) is 4. The van der Waals surface area contributed by atoms with Crippen LogP contribution in [0.2, 0.25) is 0 Å². The second kappa shape index (κ2) is 7.97. The van der Waals surface area contributed by atoms with Crippen LogP contribution in [0.4, 0.5) is 6.01 Å². The molecule has 0 radical (unpaired) electrons. The average Bonchev–Trinajstić information content (AvgIpc) is 3.36. The number of H-pyrrole nitrogens is 1. The van der Waals surface area contributed by atoms with Crippen molar-refractivity contribution in [2.75, 3.05) is 11.9 Å². The number of fused-ring (bicyclic) bond motifs is 1. The summed E-state index contributed by atoms with van der Waals surface area (Å²) in [6, 6.07) is 6.27. The van der Waals surface area contributed by atoms with E-state index in [1.807, 2.05) is 38.1 Å². The number of piperidine rings is 1. The summed E-state index contributed by atoms with van der Waals surface area (Å²) in [5.74, 6) is -1.56. The van der Waals surface area contributed by atoms with Gasteiger partial charge in [0.05, 0.1) is 11.6 Å². The van der Waals surface area contributed by atoms with Gasteiger partial charge < -0.3 is 25.4 Å². The lowest BCUT2D eigenvalue weighted by Crippen LogP contribution is -2.56. The molecule has 3 heterocycles. The molecule has 1 aliphatic rings. The number of aromatic nitrogens is 3. The van der Waals surface area contributed by atoms with Crippen molar-refractivity contribution in [2.45, 2.75) is 32.4 Å². The van der Waals surface area contributed by atoms with E-state index in [0.717, 1.165) is 16.5 Å². The fourth-order valence-corrected chi connectivity index (χ4v) is 3.41. The van der Waals surface area contributed by atoms with Crippen LogP contribution in [0.1, 0.15) is 20.3 Å². The Morgan fingerprint density at radius 3 is 2.83 bits per heavy atom. The van der Waals surface area contributed by atoms with Gasteiger partial charge in [0.25, 0.3) is 11.8 Å². The number of anilines is 1. The molecule has 2 amide bonds. The quantitative estimate of drug-likeness (QED) is 0.448. The van der Waals surface area contributed by atoms with E-state index in [4.69, 9.17) is 4.42 Å². The van der Waals surface area contributed by atoms with Crippen molar-refractivity contribution < 1.29 is 18.8 Å². The second-order valence-corrected chi connectivity index (χ2v) is 7.50. The summed E-state index contributed by atoms with van der Waals surface area (Å²) >= 11 is 0. The highest BCUT2D eigenvalue weighted by Gasteiger charge is 2.33. The molecule has 156 valence electrons. The summed E-state index contributed by atoms with van der Waals surface area (Å²) in [5.41, 5.74) is 1.70. The lowest BCUT2D eigenvalue weighted by atomic mass is 10.0. The molecule has 2 unspecified atom stereocenters. The average molecular weight is 410 g/mol. The van der Waals surface area contributed by atoms with Crippen LogP contribution in [0.5, 0.6) is 0 Å². The minimum atomic E-state index is -0.834. The van der Waals surface area contributed by atoms with E-state index in [2.05, 4.69) is 31.1 Å². The molecule has 4 N–H and O–H groups in total. The number of ketones is 1. The summed E-state index contributed by atoms with van der Waals surface area (Å²) in [7, 11) is 0. The van der Waals surface area contributed by atoms with E-state index in [1.165, 1.54) is 0 Å². The van der Waals surface area contributed by atoms with Gasteiger partial charge in [0.15, 0.2) is 0 Å². The fraction of sp³-hybridized carbons (Fsp3) is 0.350. The first kappa shape index (κ1) is 19.6. The molecule has 1 aliphatic heterocycles. The van der Waals surface area contributed by atoms with Crippen LogP contribution in [0.3, 0.4) is 0 Å². The van der Waals surface area contributed by atoms with Crippen LogP contribution in [-0.2, 0) is 14.4 Å². The van der Waals surface area contributed by atoms with Crippen molar-refractivity contribution in [3.63, 3.8) is 0 Å². The Morgan fingerprint density at radius 2 is 2.03 bits per heavy atom. The first-order valence-corrected chi connectivity index (χ1v) is 9.73. The zero-order valence-corrected chi connectivity index (χ0v) is 16.6. The van der Waals surface area contributed by atoms with Crippen LogP contribution >= 0.6 is 0 Å². The minimum Gasteiger partial charge on any atom is -0.403 e. The standard InChI is InChI=1S/C20H22N6O4/c1-10(2)15(17(28)23-14-7-8-21-18(29)16(14)27)24-20-26-25-19(30-20)12-9-22-13-6-4-3-5-11(12)13/h3-6,9-10,14-15,22H,7-8H2,1-2H3,(H,21,29)(H,23,28)(H,24,26). The number of amides is 2. The first-order chi connectivity index (χ1) is 14.4. The predicted octanol–water partition coefficient (Wildman–Crippen LogP) is 1.23. The highest BCUT2D eigenvalue weighted by Crippen LogP contribution is 2.28. The summed E-state index contributed by atoms with van der Waals surface area (Å²) in [5, 5.41) is 17.1. The number of hydrogen-bond acceptors (Lipinski definition) is 7. The Balaban J connectivity index is 1.49. The SMILES string of the molecule is CC(C)C(Nc1nnc(-c2c[nH]c3ccccc23)o1)C(=O)NC1CCNC(=O)C1=O. The predicted molar refractivity (Wildman–Crippen MR) is 108 cm³/mol. The van der Waals surface area contributed by atoms with Crippen LogP contribution in [0, 0.1) is 5.92 Å². The number of para-hydroxylation sites is 1. The zero-order valence-electron chi connectivity index (χ0n) is 16.6. The monoisotopic (exact) mass is 410 g/mol. The van der Waals surface area contributed by atoms with Gasteiger partial charge in [-0.05, 0) is 18.4 Å². The number of nitrogens with zero attached hydrogens (tertiary/aromatic N) is 2. The van der Waals surface area contributed by atoms with Crippen molar-refractivity contribution >= 4 is 34.5 Å². The molecule has 0 aliphatic carbocycles. The van der Waals surface area contributed by atoms with Crippen LogP contribution in [0.15, 0.2) is 34.9 Å². The van der Waals surface area contributed by atoms with Gasteiger partial charge in [0, 0.05) is 23.6 Å². The minimum absolute atomic E-state index is 0.0943. The van der Waals surface area contributed by atoms with Crippen molar-refractivity contribution in [3.8, 4) is 11.5 Å². The molecule has 10 heteroatoms. The third kappa shape index (κ3) is 3.76. The molecular weight excluding hydrogens is 388 g/mol. The topological polar surface area (TPSA) is 142 Å². The van der Waals surface area contributed by atoms with Gasteiger partial charge in [-0.1, -0.05) is 37.1 Å². The molecule has 1 fully saturated rings. The maximum Gasteiger partial charge on any atom is 0.316 e. The molecule has 2 aromatic heterocycles. The normalized spacial score (nSPS) is 17.8. The second-order valence-electron chi connectivity index (χ2n) is 7.50. The maximum absolute atomic E-state index is 12.8. The molecule has 1 aromatic carbocycles. The molecule has 1 saturated heterocycles. The lowest BCUT2D eigenvalue weighted by molar-refractivity contribution is -0.141. The molecule has 0 saturated carbocycles. The first-order valence-electron chi connectivity index (χ1n) is 9.73. The van der Waals surface area contributed by atoms with E-state index in [-0.39, 0.29) is 11.9 Å². The molecular formula is C20H22N6O4. The van der Waals surface area contributed by atoms with Gasteiger partial charge in [0.2, 0.25) is 11.7 Å². The Morgan fingerprint density at radius 1 is 1.23 bits per heavy atom. The number of Topliss-reactive ketones (excluding diaryl/α,β-unsaturated/α-hetero) is 1. The van der Waals surface area contributed by atoms with Gasteiger partial charge >= 0.3 is 6.01 Å². The number of rotatable bonds is 6. The van der Waals surface area contributed by atoms with Crippen LogP contribution in [0.25, 0.3) is 22.4 Å². The molecule has 4 rings (SSSR count). The molecule has 30 heavy (non-hydrogen) atoms. The maximum atomic E-state index is 12.8. The summed E-state index contributed by atoms with van der Waals surface area (Å²) in [6.07, 6.45) is 2.14. The third-order valence-corrected chi connectivity index (χ3v) is 5.05. The zero-order chi connectivity index (χ0) is 21.3. The smallest absolute Gasteiger partial charge is 0.316 e. The molecule has 10 nitrogen and oxygen atoms in total. The lowest BCUT2D eigenvalue weighted by Gasteiger charge is -2.26. The Bertz CT molecular complexity index is 1100. The van der Waals surface area contributed by atoms with Gasteiger partial charge in [-0.2, -0.15) is 0 Å². The highest BCUT2D eigenvalue weighted by atomic mass is 16.4. The third-order valence-electron chi connectivity index (χ3n) is 5.05. The van der Waals surface area contributed by atoms with Crippen molar-refractivity contribution in [1.82, 2.24) is 25.8 Å². The van der Waals surface area contributed by atoms with Gasteiger partial charge in [-0.15, -0.1) is 5.10 Å². The van der Waals surface area contributed by atoms with Crippen molar-refractivity contribution in [3.05, 3.63) is 30.5 Å². The van der Waals surface area contributed by atoms with E-state index in [0.29, 0.717) is 18.9 Å². The van der Waals surface area contributed by atoms with E-state index in [9.17, 15) is 14.4 Å². The van der Waals surface area contributed by atoms with E-state index in [1.54, 1.807) is 6.20 Å². The van der Waals surface area contributed by atoms with Gasteiger partial charge in [-0.3, -0.25) is 14.4 Å². The number of carbonyl (C=O) groups excluding carboxylic acids is 3. The Hall–Kier alpha value is -3.69. The summed E-state index contributed by atoms with van der Waals surface area (Å²) in [6.45, 7) is 4.04. The number of aromatic amines is 1. The van der Waals surface area contributed by atoms with Crippen molar-refractivity contribution in [2.24, 2.45) is 5.92 Å². The number of benzene rings is 1. The molecule has 2 atom stereocenters. The Kier molecular flexibility index (Phi) is 5.21. The molecule has 0 spiro atoms. The van der Waals surface area contributed by atoms with Crippen molar-refractivity contribution in [1.29, 1.82) is 0 Å². The highest BCUT2D eigenvalue weighted by molar-refractivity contribution is 6.39. The molecule has 0 bridgehead atoms. The van der Waals surface area contributed by atoms with Crippen LogP contribution in [-0.4, -0.2) is 51.4 Å². The largest absolute Gasteiger partial charge is 0.403 e. The summed E-state index contributed by atoms with van der Waals surface area (Å²) in [4.78, 5) is 39.4. The fourth-order valence-electron chi connectivity index (χ4n) is 3.41. The van der Waals surface area contributed by atoms with E-state index >= 15 is 0 Å². The van der Waals surface area contributed by atoms with Gasteiger partial charge in [-0.25, -0.2) is 0 Å². The van der Waals surface area contributed by atoms with Crippen LogP contribution < -0.4 is 16.0 Å². The molecule has 3 aromatic rings. The number of nitrogens with one attached hydrogen (secondary N) is 4.